The zero-order chi connectivity index (χ0) is 14.1. The smallest absolute Gasteiger partial charge is 0.129 e. The first kappa shape index (κ1) is 13.4. The van der Waals surface area contributed by atoms with E-state index in [1.54, 1.807) is 0 Å². The van der Waals surface area contributed by atoms with Crippen molar-refractivity contribution < 1.29 is 0 Å². The minimum atomic E-state index is 0.406. The number of aromatic nitrogens is 3. The first-order chi connectivity index (χ1) is 9.67. The third-order valence-corrected chi connectivity index (χ3v) is 4.01. The van der Waals surface area contributed by atoms with Gasteiger partial charge in [-0.15, -0.1) is 11.6 Å². The lowest BCUT2D eigenvalue weighted by Crippen LogP contribution is -2.34. The number of fused-ring (bicyclic) bond motifs is 1. The third kappa shape index (κ3) is 2.52. The predicted octanol–water partition coefficient (Wildman–Crippen LogP) is 3.16. The van der Waals surface area contributed by atoms with Gasteiger partial charge >= 0.3 is 0 Å². The van der Waals surface area contributed by atoms with Crippen LogP contribution in [0.3, 0.4) is 0 Å². The van der Waals surface area contributed by atoms with Crippen molar-refractivity contribution in [1.82, 2.24) is 14.5 Å². The molecule has 1 aliphatic heterocycles. The Balaban J connectivity index is 1.92. The second kappa shape index (κ2) is 5.44. The molecule has 0 fully saturated rings. The molecule has 5 heteroatoms. The highest BCUT2D eigenvalue weighted by Gasteiger charge is 2.19. The lowest BCUT2D eigenvalue weighted by atomic mass is 10.1. The van der Waals surface area contributed by atoms with Crippen LogP contribution in [-0.2, 0) is 19.0 Å². The second-order valence-corrected chi connectivity index (χ2v) is 5.77. The van der Waals surface area contributed by atoms with Gasteiger partial charge in [0.1, 0.15) is 11.6 Å². The summed E-state index contributed by atoms with van der Waals surface area (Å²) < 4.78 is 2.20. The molecule has 0 atom stereocenters. The molecule has 1 aliphatic rings. The van der Waals surface area contributed by atoms with Crippen molar-refractivity contribution >= 4 is 17.4 Å². The van der Waals surface area contributed by atoms with Gasteiger partial charge in [0.25, 0.3) is 0 Å². The molecule has 4 nitrogen and oxygen atoms in total. The van der Waals surface area contributed by atoms with E-state index >= 15 is 0 Å². The maximum absolute atomic E-state index is 6.02. The number of imidazole rings is 1. The van der Waals surface area contributed by atoms with Crippen molar-refractivity contribution in [2.24, 2.45) is 0 Å². The van der Waals surface area contributed by atoms with Gasteiger partial charge in [-0.25, -0.2) is 9.97 Å². The van der Waals surface area contributed by atoms with Crippen LogP contribution in [0.15, 0.2) is 24.5 Å². The fourth-order valence-corrected chi connectivity index (χ4v) is 2.65. The van der Waals surface area contributed by atoms with Gasteiger partial charge in [-0.1, -0.05) is 13.8 Å². The molecule has 0 spiro atoms. The summed E-state index contributed by atoms with van der Waals surface area (Å²) in [5.41, 5.74) is 2.24. The minimum Gasteiger partial charge on any atom is -0.347 e. The number of pyridine rings is 1. The topological polar surface area (TPSA) is 34.0 Å². The van der Waals surface area contributed by atoms with Gasteiger partial charge in [0.15, 0.2) is 0 Å². The zero-order valence-corrected chi connectivity index (χ0v) is 12.6. The molecule has 0 saturated carbocycles. The average molecular weight is 291 g/mol. The van der Waals surface area contributed by atoms with Crippen LogP contribution in [0.2, 0.25) is 0 Å². The molecule has 0 unspecified atom stereocenters. The second-order valence-electron chi connectivity index (χ2n) is 5.51. The summed E-state index contributed by atoms with van der Waals surface area (Å²) >= 11 is 6.02. The van der Waals surface area contributed by atoms with Crippen molar-refractivity contribution in [3.8, 4) is 0 Å². The summed E-state index contributed by atoms with van der Waals surface area (Å²) in [6, 6.07) is 4.20. The van der Waals surface area contributed by atoms with E-state index in [0.29, 0.717) is 11.8 Å². The molecule has 0 amide bonds. The molecule has 20 heavy (non-hydrogen) atoms. The van der Waals surface area contributed by atoms with Gasteiger partial charge in [-0.2, -0.15) is 0 Å². The first-order valence-electron chi connectivity index (χ1n) is 6.99. The molecule has 0 bridgehead atoms. The van der Waals surface area contributed by atoms with Gasteiger partial charge in [-0.05, 0) is 23.6 Å². The Bertz CT molecular complexity index is 606. The Kier molecular flexibility index (Phi) is 3.66. The van der Waals surface area contributed by atoms with Crippen molar-refractivity contribution in [1.29, 1.82) is 0 Å². The molecule has 2 aromatic heterocycles. The molecule has 3 rings (SSSR count). The summed E-state index contributed by atoms with van der Waals surface area (Å²) in [4.78, 5) is 11.5. The summed E-state index contributed by atoms with van der Waals surface area (Å²) in [5, 5.41) is 0. The Morgan fingerprint density at radius 2 is 2.15 bits per heavy atom. The van der Waals surface area contributed by atoms with Gasteiger partial charge < -0.3 is 9.47 Å². The average Bonchev–Trinajstić information content (AvgIpc) is 2.94. The van der Waals surface area contributed by atoms with Gasteiger partial charge in [-0.3, -0.25) is 0 Å². The molecule has 0 aromatic carbocycles. The highest BCUT2D eigenvalue weighted by Crippen LogP contribution is 2.24. The minimum absolute atomic E-state index is 0.406. The quantitative estimate of drug-likeness (QED) is 0.814. The summed E-state index contributed by atoms with van der Waals surface area (Å²) in [7, 11) is 0. The van der Waals surface area contributed by atoms with Crippen LogP contribution in [-0.4, -0.2) is 21.1 Å². The number of rotatable bonds is 3. The van der Waals surface area contributed by atoms with Crippen molar-refractivity contribution in [2.75, 3.05) is 11.4 Å². The molecule has 106 valence electrons. The molecule has 3 heterocycles. The van der Waals surface area contributed by atoms with E-state index in [9.17, 15) is 0 Å². The van der Waals surface area contributed by atoms with Crippen LogP contribution >= 0.6 is 11.6 Å². The number of halogens is 1. The largest absolute Gasteiger partial charge is 0.347 e. The molecule has 2 aromatic rings. The van der Waals surface area contributed by atoms with E-state index in [4.69, 9.17) is 16.6 Å². The van der Waals surface area contributed by atoms with E-state index in [2.05, 4.69) is 40.4 Å². The number of anilines is 1. The fourth-order valence-electron chi connectivity index (χ4n) is 2.50. The fraction of sp³-hybridized carbons (Fsp3) is 0.467. The number of hydrogen-bond donors (Lipinski definition) is 0. The van der Waals surface area contributed by atoms with E-state index in [1.807, 2.05) is 12.4 Å². The summed E-state index contributed by atoms with van der Waals surface area (Å²) in [6.07, 6.45) is 3.90. The number of nitrogens with zero attached hydrogens (tertiary/aromatic N) is 4. The lowest BCUT2D eigenvalue weighted by Gasteiger charge is -2.29. The highest BCUT2D eigenvalue weighted by atomic mass is 35.5. The van der Waals surface area contributed by atoms with E-state index < -0.39 is 0 Å². The zero-order valence-electron chi connectivity index (χ0n) is 11.9. The Labute approximate surface area is 124 Å². The van der Waals surface area contributed by atoms with Crippen LogP contribution in [0.4, 0.5) is 5.82 Å². The lowest BCUT2D eigenvalue weighted by molar-refractivity contribution is 0.555. The number of alkyl halides is 1. The maximum Gasteiger partial charge on any atom is 0.129 e. The third-order valence-electron chi connectivity index (χ3n) is 3.71. The Morgan fingerprint density at radius 3 is 2.90 bits per heavy atom. The molecule has 0 N–H and O–H groups in total. The molecular weight excluding hydrogens is 272 g/mol. The van der Waals surface area contributed by atoms with Crippen LogP contribution in [0.1, 0.15) is 36.8 Å². The van der Waals surface area contributed by atoms with Gasteiger partial charge in [0.05, 0.1) is 6.54 Å². The monoisotopic (exact) mass is 290 g/mol. The van der Waals surface area contributed by atoms with E-state index in [-0.39, 0.29) is 0 Å². The molecule has 0 saturated heterocycles. The first-order valence-corrected chi connectivity index (χ1v) is 7.52. The van der Waals surface area contributed by atoms with Crippen LogP contribution in [0, 0.1) is 0 Å². The number of hydrogen-bond acceptors (Lipinski definition) is 3. The van der Waals surface area contributed by atoms with Gasteiger partial charge in [0.2, 0.25) is 0 Å². The maximum atomic E-state index is 6.02. The van der Waals surface area contributed by atoms with Crippen LogP contribution < -0.4 is 4.90 Å². The predicted molar refractivity (Wildman–Crippen MR) is 81.2 cm³/mol. The Morgan fingerprint density at radius 1 is 1.30 bits per heavy atom. The summed E-state index contributed by atoms with van der Waals surface area (Å²) in [5.74, 6) is 3.04. The van der Waals surface area contributed by atoms with E-state index in [1.165, 1.54) is 0 Å². The van der Waals surface area contributed by atoms with E-state index in [0.717, 1.165) is 42.5 Å². The van der Waals surface area contributed by atoms with Crippen molar-refractivity contribution in [3.63, 3.8) is 0 Å². The van der Waals surface area contributed by atoms with Gasteiger partial charge in [0, 0.05) is 37.1 Å². The van der Waals surface area contributed by atoms with Crippen molar-refractivity contribution in [3.05, 3.63) is 41.6 Å². The molecule has 0 aliphatic carbocycles. The SMILES string of the molecule is CC(C)c1cc(CCl)cc(N2CCn3ccnc3C2)n1. The van der Waals surface area contributed by atoms with Crippen molar-refractivity contribution in [2.45, 2.75) is 38.7 Å². The van der Waals surface area contributed by atoms with Crippen LogP contribution in [0.25, 0.3) is 0 Å². The molecular formula is C15H19ClN4. The molecule has 0 radical (unpaired) electrons. The Hall–Kier alpha value is -1.55. The summed E-state index contributed by atoms with van der Waals surface area (Å²) in [6.45, 7) is 7.04. The van der Waals surface area contributed by atoms with Crippen LogP contribution in [0.5, 0.6) is 0 Å². The normalized spacial score (nSPS) is 14.7. The highest BCUT2D eigenvalue weighted by molar-refractivity contribution is 6.17. The standard InChI is InChI=1S/C15H19ClN4/c1-11(2)13-7-12(9-16)8-14(18-13)20-6-5-19-4-3-17-15(19)10-20/h3-4,7-8,11H,5-6,9-10H2,1-2H3.